The number of aliphatic hydroxyl groups is 1. The highest BCUT2D eigenvalue weighted by Gasteiger charge is 2.25. The van der Waals surface area contributed by atoms with Crippen LogP contribution in [0.1, 0.15) is 22.9 Å². The summed E-state index contributed by atoms with van der Waals surface area (Å²) >= 11 is 5.70. The Hall–Kier alpha value is -1.59. The minimum Gasteiger partial charge on any atom is -0.481 e. The normalized spacial score (nSPS) is 12.5. The lowest BCUT2D eigenvalue weighted by Crippen LogP contribution is -2.05. The lowest BCUT2D eigenvalue weighted by Gasteiger charge is -2.13. The van der Waals surface area contributed by atoms with Gasteiger partial charge in [-0.1, -0.05) is 17.7 Å². The Bertz CT molecular complexity index is 613. The van der Waals surface area contributed by atoms with Crippen molar-refractivity contribution in [3.05, 3.63) is 45.9 Å². The fourth-order valence-corrected chi connectivity index (χ4v) is 2.25. The first-order valence-electron chi connectivity index (χ1n) is 5.66. The number of rotatable bonds is 3. The summed E-state index contributed by atoms with van der Waals surface area (Å²) in [5.74, 6) is -0.162. The zero-order valence-electron chi connectivity index (χ0n) is 10.8. The lowest BCUT2D eigenvalue weighted by molar-refractivity contribution is 0.208. The molecule has 2 rings (SSSR count). The first-order chi connectivity index (χ1) is 8.95. The summed E-state index contributed by atoms with van der Waals surface area (Å²) in [6, 6.07) is 4.15. The van der Waals surface area contributed by atoms with Crippen molar-refractivity contribution in [2.24, 2.45) is 7.05 Å². The third kappa shape index (κ3) is 2.43. The van der Waals surface area contributed by atoms with Crippen LogP contribution in [0.4, 0.5) is 4.39 Å². The molecule has 0 saturated carbocycles. The van der Waals surface area contributed by atoms with Gasteiger partial charge in [0.25, 0.3) is 0 Å². The van der Waals surface area contributed by atoms with Gasteiger partial charge in [0, 0.05) is 17.6 Å². The van der Waals surface area contributed by atoms with Gasteiger partial charge in [-0.05, 0) is 19.1 Å². The van der Waals surface area contributed by atoms with Crippen LogP contribution in [-0.2, 0) is 7.05 Å². The maximum atomic E-state index is 13.8. The highest BCUT2D eigenvalue weighted by Crippen LogP contribution is 2.33. The molecular weight excluding hydrogens is 271 g/mol. The van der Waals surface area contributed by atoms with Crippen molar-refractivity contribution in [3.63, 3.8) is 0 Å². The van der Waals surface area contributed by atoms with Crippen molar-refractivity contribution in [2.45, 2.75) is 13.0 Å². The summed E-state index contributed by atoms with van der Waals surface area (Å²) in [7, 11) is 3.17. The summed E-state index contributed by atoms with van der Waals surface area (Å²) in [6.07, 6.45) is -1.15. The molecule has 0 aliphatic heterocycles. The van der Waals surface area contributed by atoms with Crippen molar-refractivity contribution < 1.29 is 14.2 Å². The van der Waals surface area contributed by atoms with E-state index in [1.54, 1.807) is 14.0 Å². The van der Waals surface area contributed by atoms with Gasteiger partial charge in [0.05, 0.1) is 18.4 Å². The number of benzene rings is 1. The van der Waals surface area contributed by atoms with Gasteiger partial charge in [-0.3, -0.25) is 0 Å². The second-order valence-corrected chi connectivity index (χ2v) is 4.64. The van der Waals surface area contributed by atoms with Crippen LogP contribution in [0.5, 0.6) is 5.88 Å². The van der Waals surface area contributed by atoms with E-state index in [2.05, 4.69) is 5.10 Å². The van der Waals surface area contributed by atoms with E-state index in [0.717, 1.165) is 6.07 Å². The van der Waals surface area contributed by atoms with Gasteiger partial charge in [0.15, 0.2) is 0 Å². The minimum atomic E-state index is -1.15. The Balaban J connectivity index is 2.52. The van der Waals surface area contributed by atoms with E-state index in [-0.39, 0.29) is 10.6 Å². The van der Waals surface area contributed by atoms with Gasteiger partial charge in [0.2, 0.25) is 5.88 Å². The summed E-state index contributed by atoms with van der Waals surface area (Å²) in [4.78, 5) is 0. The number of ether oxygens (including phenoxy) is 1. The third-order valence-corrected chi connectivity index (χ3v) is 3.17. The molecular formula is C13H14ClFN2O2. The molecule has 1 aromatic carbocycles. The molecule has 0 saturated heterocycles. The molecule has 0 bridgehead atoms. The summed E-state index contributed by atoms with van der Waals surface area (Å²) in [6.45, 7) is 1.73. The first-order valence-corrected chi connectivity index (χ1v) is 6.04. The van der Waals surface area contributed by atoms with Crippen molar-refractivity contribution in [1.29, 1.82) is 0 Å². The van der Waals surface area contributed by atoms with Crippen LogP contribution >= 0.6 is 11.6 Å². The van der Waals surface area contributed by atoms with Crippen molar-refractivity contribution in [3.8, 4) is 5.88 Å². The van der Waals surface area contributed by atoms with Gasteiger partial charge in [-0.15, -0.1) is 0 Å². The average molecular weight is 285 g/mol. The van der Waals surface area contributed by atoms with Crippen LogP contribution in [0.25, 0.3) is 0 Å². The van der Waals surface area contributed by atoms with Gasteiger partial charge in [-0.25, -0.2) is 9.07 Å². The zero-order chi connectivity index (χ0) is 14.2. The van der Waals surface area contributed by atoms with Crippen LogP contribution in [0.3, 0.4) is 0 Å². The number of methoxy groups -OCH3 is 1. The van der Waals surface area contributed by atoms with Gasteiger partial charge >= 0.3 is 0 Å². The third-order valence-electron chi connectivity index (χ3n) is 2.94. The molecule has 0 aliphatic rings. The number of aliphatic hydroxyl groups excluding tert-OH is 1. The minimum absolute atomic E-state index is 0.138. The molecule has 1 N–H and O–H groups in total. The van der Waals surface area contributed by atoms with Gasteiger partial charge in [-0.2, -0.15) is 5.10 Å². The smallest absolute Gasteiger partial charge is 0.217 e. The maximum Gasteiger partial charge on any atom is 0.217 e. The average Bonchev–Trinajstić information content (AvgIpc) is 2.62. The van der Waals surface area contributed by atoms with Crippen LogP contribution in [0.2, 0.25) is 5.02 Å². The molecule has 0 fully saturated rings. The van der Waals surface area contributed by atoms with E-state index in [1.165, 1.54) is 23.9 Å². The number of aromatic nitrogens is 2. The molecule has 0 spiro atoms. The number of halogens is 2. The fourth-order valence-electron chi connectivity index (χ4n) is 2.09. The Labute approximate surface area is 115 Å². The molecule has 1 heterocycles. The van der Waals surface area contributed by atoms with E-state index in [0.29, 0.717) is 17.1 Å². The van der Waals surface area contributed by atoms with E-state index >= 15 is 0 Å². The molecule has 1 aromatic heterocycles. The summed E-state index contributed by atoms with van der Waals surface area (Å²) < 4.78 is 20.5. The Morgan fingerprint density at radius 1 is 1.47 bits per heavy atom. The second kappa shape index (κ2) is 5.19. The van der Waals surface area contributed by atoms with E-state index < -0.39 is 11.9 Å². The van der Waals surface area contributed by atoms with Gasteiger partial charge in [0.1, 0.15) is 11.9 Å². The highest BCUT2D eigenvalue weighted by atomic mass is 35.5. The van der Waals surface area contributed by atoms with Crippen molar-refractivity contribution >= 4 is 11.6 Å². The topological polar surface area (TPSA) is 47.3 Å². The zero-order valence-corrected chi connectivity index (χ0v) is 11.6. The van der Waals surface area contributed by atoms with E-state index in [4.69, 9.17) is 16.3 Å². The predicted molar refractivity (Wildman–Crippen MR) is 70.0 cm³/mol. The standard InChI is InChI=1S/C13H14ClFN2O2/c1-7-11(13(19-3)17(2)16-7)12(18)9-5-4-8(14)6-10(9)15/h4-6,12,18H,1-3H3. The molecule has 2 aromatic rings. The Morgan fingerprint density at radius 2 is 2.16 bits per heavy atom. The van der Waals surface area contributed by atoms with Crippen LogP contribution in [0.15, 0.2) is 18.2 Å². The first kappa shape index (κ1) is 13.8. The summed E-state index contributed by atoms with van der Waals surface area (Å²) in [5.41, 5.74) is 1.17. The van der Waals surface area contributed by atoms with Gasteiger partial charge < -0.3 is 9.84 Å². The summed E-state index contributed by atoms with van der Waals surface area (Å²) in [5, 5.41) is 14.8. The van der Waals surface area contributed by atoms with E-state index in [1.807, 2.05) is 0 Å². The molecule has 102 valence electrons. The van der Waals surface area contributed by atoms with Crippen molar-refractivity contribution in [1.82, 2.24) is 9.78 Å². The number of hydrogen-bond acceptors (Lipinski definition) is 3. The van der Waals surface area contributed by atoms with Crippen LogP contribution < -0.4 is 4.74 Å². The quantitative estimate of drug-likeness (QED) is 0.942. The monoisotopic (exact) mass is 284 g/mol. The highest BCUT2D eigenvalue weighted by molar-refractivity contribution is 6.30. The molecule has 1 atom stereocenters. The molecule has 0 amide bonds. The molecule has 0 aliphatic carbocycles. The SMILES string of the molecule is COc1c(C(O)c2ccc(Cl)cc2F)c(C)nn1C. The lowest BCUT2D eigenvalue weighted by atomic mass is 10.0. The molecule has 4 nitrogen and oxygen atoms in total. The fraction of sp³-hybridized carbons (Fsp3) is 0.308. The molecule has 6 heteroatoms. The Morgan fingerprint density at radius 3 is 2.74 bits per heavy atom. The predicted octanol–water partition coefficient (Wildman–Crippen LogP) is 2.61. The Kier molecular flexibility index (Phi) is 3.78. The largest absolute Gasteiger partial charge is 0.481 e. The molecule has 0 radical (unpaired) electrons. The van der Waals surface area contributed by atoms with E-state index in [9.17, 15) is 9.50 Å². The van der Waals surface area contributed by atoms with Crippen molar-refractivity contribution in [2.75, 3.05) is 7.11 Å². The molecule has 19 heavy (non-hydrogen) atoms. The number of nitrogens with zero attached hydrogens (tertiary/aromatic N) is 2. The van der Waals surface area contributed by atoms with Crippen LogP contribution in [0, 0.1) is 12.7 Å². The molecule has 1 unspecified atom stereocenters. The van der Waals surface area contributed by atoms with Crippen LogP contribution in [-0.4, -0.2) is 22.0 Å². The number of hydrogen-bond donors (Lipinski definition) is 1. The second-order valence-electron chi connectivity index (χ2n) is 4.20. The maximum absolute atomic E-state index is 13.8. The number of aryl methyl sites for hydroxylation is 2.